The van der Waals surface area contributed by atoms with E-state index in [1.807, 2.05) is 12.1 Å². The van der Waals surface area contributed by atoms with Crippen molar-refractivity contribution in [2.45, 2.75) is 63.3 Å². The quantitative estimate of drug-likeness (QED) is 0.505. The predicted octanol–water partition coefficient (Wildman–Crippen LogP) is 7.02. The summed E-state index contributed by atoms with van der Waals surface area (Å²) in [5.41, 5.74) is 0.683. The van der Waals surface area contributed by atoms with Gasteiger partial charge >= 0.3 is 6.18 Å². The van der Waals surface area contributed by atoms with Gasteiger partial charge in [0.1, 0.15) is 0 Å². The highest BCUT2D eigenvalue weighted by Gasteiger charge is 2.36. The maximum Gasteiger partial charge on any atom is 0.417 e. The molecule has 8 heteroatoms. The van der Waals surface area contributed by atoms with Crippen LogP contribution in [0.2, 0.25) is 10.0 Å². The molecule has 2 aliphatic heterocycles. The van der Waals surface area contributed by atoms with E-state index in [1.54, 1.807) is 0 Å². The molecule has 32 heavy (non-hydrogen) atoms. The van der Waals surface area contributed by atoms with Crippen LogP contribution in [-0.2, 0) is 12.7 Å². The molecule has 2 saturated heterocycles. The highest BCUT2D eigenvalue weighted by Crippen LogP contribution is 2.39. The van der Waals surface area contributed by atoms with Crippen molar-refractivity contribution in [3.05, 3.63) is 68.7 Å². The summed E-state index contributed by atoms with van der Waals surface area (Å²) in [7, 11) is 0. The molecule has 172 valence electrons. The van der Waals surface area contributed by atoms with E-state index in [1.165, 1.54) is 37.7 Å². The van der Waals surface area contributed by atoms with E-state index >= 15 is 0 Å². The lowest BCUT2D eigenvalue weighted by Gasteiger charge is -2.45. The van der Waals surface area contributed by atoms with Crippen molar-refractivity contribution in [1.29, 1.82) is 0 Å². The fourth-order valence-corrected chi connectivity index (χ4v) is 5.57. The van der Waals surface area contributed by atoms with E-state index in [9.17, 15) is 18.0 Å². The van der Waals surface area contributed by atoms with E-state index < -0.39 is 22.7 Å². The second-order valence-electron chi connectivity index (χ2n) is 8.54. The van der Waals surface area contributed by atoms with Crippen LogP contribution in [0.4, 0.5) is 13.2 Å². The standard InChI is InChI=1S/C24H25Cl2F3N2O/c25-19-12-11-18(24(27,28)29)22(26)21(19)23(32)30-14-15-7-9-16(10-8-15)20-6-3-5-17-4-1-2-13-31(17)20/h7-12,17,20H,1-6,13-14H2,(H,30,32). The number of amides is 1. The van der Waals surface area contributed by atoms with Gasteiger partial charge in [0, 0.05) is 18.6 Å². The van der Waals surface area contributed by atoms with Crippen LogP contribution in [0.5, 0.6) is 0 Å². The van der Waals surface area contributed by atoms with E-state index in [-0.39, 0.29) is 17.1 Å². The number of hydrogen-bond donors (Lipinski definition) is 1. The van der Waals surface area contributed by atoms with Crippen molar-refractivity contribution < 1.29 is 18.0 Å². The van der Waals surface area contributed by atoms with Crippen molar-refractivity contribution >= 4 is 29.1 Å². The Morgan fingerprint density at radius 3 is 2.44 bits per heavy atom. The first-order valence-corrected chi connectivity index (χ1v) is 11.7. The summed E-state index contributed by atoms with van der Waals surface area (Å²) in [6, 6.07) is 11.0. The van der Waals surface area contributed by atoms with Crippen LogP contribution < -0.4 is 5.32 Å². The smallest absolute Gasteiger partial charge is 0.348 e. The molecule has 2 unspecified atom stereocenters. The van der Waals surface area contributed by atoms with Crippen LogP contribution in [0.3, 0.4) is 0 Å². The Hall–Kier alpha value is -1.76. The summed E-state index contributed by atoms with van der Waals surface area (Å²) < 4.78 is 39.3. The molecule has 0 saturated carbocycles. The zero-order valence-electron chi connectivity index (χ0n) is 17.5. The van der Waals surface area contributed by atoms with Crippen LogP contribution in [0.1, 0.15) is 71.6 Å². The SMILES string of the molecule is O=C(NCc1ccc(C2CCCC3CCCCN32)cc1)c1c(Cl)ccc(C(F)(F)F)c1Cl. The van der Waals surface area contributed by atoms with E-state index in [4.69, 9.17) is 23.2 Å². The number of rotatable bonds is 4. The molecule has 2 aliphatic rings. The number of nitrogens with one attached hydrogen (secondary N) is 1. The third kappa shape index (κ3) is 4.92. The van der Waals surface area contributed by atoms with E-state index in [0.717, 1.165) is 30.7 Å². The van der Waals surface area contributed by atoms with Crippen molar-refractivity contribution in [1.82, 2.24) is 10.2 Å². The molecule has 0 radical (unpaired) electrons. The molecule has 4 rings (SSSR count). The molecule has 0 bridgehead atoms. The Morgan fingerprint density at radius 2 is 1.72 bits per heavy atom. The summed E-state index contributed by atoms with van der Waals surface area (Å²) in [5.74, 6) is -0.737. The maximum absolute atomic E-state index is 13.1. The highest BCUT2D eigenvalue weighted by atomic mass is 35.5. The molecule has 1 amide bonds. The summed E-state index contributed by atoms with van der Waals surface area (Å²) in [6.45, 7) is 1.31. The molecule has 0 aliphatic carbocycles. The molecule has 0 aromatic heterocycles. The van der Waals surface area contributed by atoms with Crippen molar-refractivity contribution in [2.24, 2.45) is 0 Å². The number of fused-ring (bicyclic) bond motifs is 1. The molecule has 3 nitrogen and oxygen atoms in total. The van der Waals surface area contributed by atoms with Gasteiger partial charge in [-0.1, -0.05) is 53.9 Å². The Kier molecular flexibility index (Phi) is 7.03. The first-order valence-electron chi connectivity index (χ1n) is 10.9. The van der Waals surface area contributed by atoms with Crippen molar-refractivity contribution in [3.63, 3.8) is 0 Å². The molecule has 2 aromatic carbocycles. The minimum Gasteiger partial charge on any atom is -0.348 e. The zero-order valence-corrected chi connectivity index (χ0v) is 19.0. The molecule has 2 atom stereocenters. The fraction of sp³-hybridized carbons (Fsp3) is 0.458. The van der Waals surface area contributed by atoms with Gasteiger partial charge in [0.15, 0.2) is 0 Å². The lowest BCUT2D eigenvalue weighted by molar-refractivity contribution is -0.137. The van der Waals surface area contributed by atoms with Crippen LogP contribution in [0.25, 0.3) is 0 Å². The molecule has 2 fully saturated rings. The number of nitrogens with zero attached hydrogens (tertiary/aromatic N) is 1. The first-order chi connectivity index (χ1) is 15.3. The van der Waals surface area contributed by atoms with Gasteiger partial charge in [-0.25, -0.2) is 0 Å². The number of alkyl halides is 3. The average molecular weight is 485 g/mol. The Bertz CT molecular complexity index is 976. The number of carbonyl (C=O) groups is 1. The second-order valence-corrected chi connectivity index (χ2v) is 9.33. The number of carbonyl (C=O) groups excluding carboxylic acids is 1. The van der Waals surface area contributed by atoms with E-state index in [0.29, 0.717) is 12.1 Å². The number of halogens is 5. The Labute approximate surface area is 195 Å². The normalized spacial score (nSPS) is 21.8. The van der Waals surface area contributed by atoms with Gasteiger partial charge in [-0.2, -0.15) is 13.2 Å². The number of piperidine rings is 2. The largest absolute Gasteiger partial charge is 0.417 e. The van der Waals surface area contributed by atoms with E-state index in [2.05, 4.69) is 22.3 Å². The third-order valence-corrected chi connectivity index (χ3v) is 7.24. The van der Waals surface area contributed by atoms with Crippen molar-refractivity contribution in [2.75, 3.05) is 6.54 Å². The topological polar surface area (TPSA) is 32.3 Å². The van der Waals surface area contributed by atoms with Crippen LogP contribution in [0.15, 0.2) is 36.4 Å². The number of hydrogen-bond acceptors (Lipinski definition) is 2. The molecule has 2 aromatic rings. The van der Waals surface area contributed by atoms with Gasteiger partial charge in [-0.15, -0.1) is 0 Å². The monoisotopic (exact) mass is 484 g/mol. The molecule has 2 heterocycles. The van der Waals surface area contributed by atoms with Crippen LogP contribution >= 0.6 is 23.2 Å². The van der Waals surface area contributed by atoms with Crippen molar-refractivity contribution in [3.8, 4) is 0 Å². The summed E-state index contributed by atoms with van der Waals surface area (Å²) in [6.07, 6.45) is 2.84. The van der Waals surface area contributed by atoms with Gasteiger partial charge < -0.3 is 5.32 Å². The molecule has 0 spiro atoms. The lowest BCUT2D eigenvalue weighted by atomic mass is 9.86. The minimum atomic E-state index is -4.67. The van der Waals surface area contributed by atoms with Gasteiger partial charge in [0.25, 0.3) is 5.91 Å². The van der Waals surface area contributed by atoms with Crippen LogP contribution in [0, 0.1) is 0 Å². The predicted molar refractivity (Wildman–Crippen MR) is 120 cm³/mol. The minimum absolute atomic E-state index is 0.121. The average Bonchev–Trinajstić information content (AvgIpc) is 2.77. The van der Waals surface area contributed by atoms with Gasteiger partial charge in [0.05, 0.1) is 21.2 Å². The number of benzene rings is 2. The maximum atomic E-state index is 13.1. The third-order valence-electron chi connectivity index (χ3n) is 6.53. The second kappa shape index (κ2) is 9.62. The summed E-state index contributed by atoms with van der Waals surface area (Å²) >= 11 is 11.8. The molecular weight excluding hydrogens is 460 g/mol. The van der Waals surface area contributed by atoms with Gasteiger partial charge in [-0.05, 0) is 61.9 Å². The summed E-state index contributed by atoms with van der Waals surface area (Å²) in [5, 5.41) is 1.82. The van der Waals surface area contributed by atoms with Crippen LogP contribution in [-0.4, -0.2) is 23.4 Å². The fourth-order valence-electron chi connectivity index (χ4n) is 4.92. The first kappa shape index (κ1) is 23.4. The Balaban J connectivity index is 1.43. The summed E-state index contributed by atoms with van der Waals surface area (Å²) in [4.78, 5) is 15.2. The van der Waals surface area contributed by atoms with Gasteiger partial charge in [-0.3, -0.25) is 9.69 Å². The molecule has 1 N–H and O–H groups in total. The highest BCUT2D eigenvalue weighted by molar-refractivity contribution is 6.40. The molecular formula is C24H25Cl2F3N2O. The van der Waals surface area contributed by atoms with Gasteiger partial charge in [0.2, 0.25) is 0 Å². The lowest BCUT2D eigenvalue weighted by Crippen LogP contribution is -2.44. The zero-order chi connectivity index (χ0) is 22.9. The Morgan fingerprint density at radius 1 is 1.00 bits per heavy atom.